The molecule has 0 radical (unpaired) electrons. The van der Waals surface area contributed by atoms with Crippen LogP contribution in [0.1, 0.15) is 23.6 Å². The molecular formula is C14H16Cl2F6N2. The standard InChI is InChI=1S/C14H15ClF6N2.ClH/c15-9-1-2-10(11(7-9)14(19,20)21)12(8-13(16,17)18)23-5-3-22-4-6-23;/h1-2,7,12,22H,3-6,8H2;1H/t12-;/m0./s1. The molecule has 0 aromatic heterocycles. The Morgan fingerprint density at radius 2 is 1.67 bits per heavy atom. The third kappa shape index (κ3) is 5.68. The van der Waals surface area contributed by atoms with Crippen molar-refractivity contribution in [3.63, 3.8) is 0 Å². The van der Waals surface area contributed by atoms with E-state index in [4.69, 9.17) is 11.6 Å². The van der Waals surface area contributed by atoms with E-state index in [9.17, 15) is 26.3 Å². The van der Waals surface area contributed by atoms with Crippen LogP contribution in [0.3, 0.4) is 0 Å². The Bertz CT molecular complexity index is 541. The van der Waals surface area contributed by atoms with E-state index in [-0.39, 0.29) is 36.1 Å². The van der Waals surface area contributed by atoms with Crippen LogP contribution in [0.25, 0.3) is 0 Å². The van der Waals surface area contributed by atoms with Gasteiger partial charge >= 0.3 is 12.4 Å². The second kappa shape index (κ2) is 8.12. The van der Waals surface area contributed by atoms with Crippen molar-refractivity contribution in [2.24, 2.45) is 0 Å². The lowest BCUT2D eigenvalue weighted by Gasteiger charge is -2.36. The molecule has 1 heterocycles. The summed E-state index contributed by atoms with van der Waals surface area (Å²) in [5, 5.41) is 2.81. The van der Waals surface area contributed by atoms with Crippen LogP contribution in [0.2, 0.25) is 5.02 Å². The highest BCUT2D eigenvalue weighted by molar-refractivity contribution is 6.30. The van der Waals surface area contributed by atoms with Crippen molar-refractivity contribution in [2.45, 2.75) is 24.8 Å². The molecule has 1 saturated heterocycles. The Labute approximate surface area is 146 Å². The largest absolute Gasteiger partial charge is 0.416 e. The SMILES string of the molecule is Cl.FC(F)(F)C[C@@H](c1ccc(Cl)cc1C(F)(F)F)N1CCNCC1. The van der Waals surface area contributed by atoms with Gasteiger partial charge in [0.15, 0.2) is 0 Å². The summed E-state index contributed by atoms with van der Waals surface area (Å²) in [5.41, 5.74) is -1.50. The van der Waals surface area contributed by atoms with E-state index in [0.29, 0.717) is 19.2 Å². The van der Waals surface area contributed by atoms with Gasteiger partial charge in [-0.1, -0.05) is 17.7 Å². The lowest BCUT2D eigenvalue weighted by atomic mass is 9.95. The molecule has 1 atom stereocenters. The maximum atomic E-state index is 13.2. The summed E-state index contributed by atoms with van der Waals surface area (Å²) in [6.07, 6.45) is -10.7. The molecule has 0 unspecified atom stereocenters. The fourth-order valence-corrected chi connectivity index (χ4v) is 2.89. The van der Waals surface area contributed by atoms with Gasteiger partial charge in [0.1, 0.15) is 0 Å². The van der Waals surface area contributed by atoms with E-state index < -0.39 is 30.4 Å². The van der Waals surface area contributed by atoms with E-state index in [0.717, 1.165) is 6.07 Å². The van der Waals surface area contributed by atoms with Gasteiger partial charge in [-0.3, -0.25) is 4.90 Å². The molecule has 0 amide bonds. The molecule has 0 saturated carbocycles. The zero-order chi connectivity index (χ0) is 17.3. The number of hydrogen-bond acceptors (Lipinski definition) is 2. The van der Waals surface area contributed by atoms with Gasteiger partial charge in [0, 0.05) is 37.2 Å². The molecule has 1 aliphatic heterocycles. The average molecular weight is 397 g/mol. The van der Waals surface area contributed by atoms with Gasteiger partial charge in [-0.2, -0.15) is 26.3 Å². The number of piperazine rings is 1. The predicted octanol–water partition coefficient (Wildman–Crippen LogP) is 4.68. The van der Waals surface area contributed by atoms with Crippen LogP contribution in [0.15, 0.2) is 18.2 Å². The highest BCUT2D eigenvalue weighted by atomic mass is 35.5. The molecule has 0 spiro atoms. The van der Waals surface area contributed by atoms with E-state index in [1.807, 2.05) is 0 Å². The Balaban J connectivity index is 0.00000288. The second-order valence-corrected chi connectivity index (χ2v) is 5.79. The molecule has 1 aromatic carbocycles. The number of rotatable bonds is 3. The average Bonchev–Trinajstić information content (AvgIpc) is 2.44. The number of hydrogen-bond donors (Lipinski definition) is 1. The maximum absolute atomic E-state index is 13.2. The third-order valence-electron chi connectivity index (χ3n) is 3.70. The summed E-state index contributed by atoms with van der Waals surface area (Å²) >= 11 is 5.60. The van der Waals surface area contributed by atoms with E-state index in [2.05, 4.69) is 5.32 Å². The summed E-state index contributed by atoms with van der Waals surface area (Å²) in [7, 11) is 0. The van der Waals surface area contributed by atoms with Gasteiger partial charge in [0.05, 0.1) is 12.0 Å². The maximum Gasteiger partial charge on any atom is 0.416 e. The van der Waals surface area contributed by atoms with Crippen molar-refractivity contribution in [3.8, 4) is 0 Å². The number of benzene rings is 1. The van der Waals surface area contributed by atoms with Crippen LogP contribution in [-0.2, 0) is 6.18 Å². The topological polar surface area (TPSA) is 15.3 Å². The van der Waals surface area contributed by atoms with Crippen LogP contribution >= 0.6 is 24.0 Å². The van der Waals surface area contributed by atoms with Crippen molar-refractivity contribution < 1.29 is 26.3 Å². The Kier molecular flexibility index (Phi) is 7.22. The van der Waals surface area contributed by atoms with Gasteiger partial charge in [-0.15, -0.1) is 12.4 Å². The lowest BCUT2D eigenvalue weighted by molar-refractivity contribution is -0.153. The zero-order valence-electron chi connectivity index (χ0n) is 12.3. The van der Waals surface area contributed by atoms with Crippen molar-refractivity contribution in [1.82, 2.24) is 10.2 Å². The monoisotopic (exact) mass is 396 g/mol. The van der Waals surface area contributed by atoms with Crippen LogP contribution in [-0.4, -0.2) is 37.3 Å². The van der Waals surface area contributed by atoms with Crippen LogP contribution in [0, 0.1) is 0 Å². The summed E-state index contributed by atoms with van der Waals surface area (Å²) in [5.74, 6) is 0. The first-order chi connectivity index (χ1) is 10.6. The van der Waals surface area contributed by atoms with Crippen LogP contribution < -0.4 is 5.32 Å². The normalized spacial score (nSPS) is 18.1. The fourth-order valence-electron chi connectivity index (χ4n) is 2.71. The van der Waals surface area contributed by atoms with Gasteiger partial charge in [0.2, 0.25) is 0 Å². The first-order valence-corrected chi connectivity index (χ1v) is 7.34. The third-order valence-corrected chi connectivity index (χ3v) is 3.93. The molecule has 10 heteroatoms. The number of nitrogens with one attached hydrogen (secondary N) is 1. The molecule has 24 heavy (non-hydrogen) atoms. The van der Waals surface area contributed by atoms with E-state index in [1.165, 1.54) is 11.0 Å². The summed E-state index contributed by atoms with van der Waals surface area (Å²) in [6.45, 7) is 1.37. The Hall–Kier alpha value is -0.700. The molecule has 1 N–H and O–H groups in total. The Morgan fingerprint density at radius 3 is 2.17 bits per heavy atom. The van der Waals surface area contributed by atoms with Crippen molar-refractivity contribution in [3.05, 3.63) is 34.3 Å². The molecule has 2 nitrogen and oxygen atoms in total. The highest BCUT2D eigenvalue weighted by Crippen LogP contribution is 2.41. The van der Waals surface area contributed by atoms with Crippen LogP contribution in [0.4, 0.5) is 26.3 Å². The van der Waals surface area contributed by atoms with Crippen molar-refractivity contribution >= 4 is 24.0 Å². The Morgan fingerprint density at radius 1 is 1.08 bits per heavy atom. The molecule has 1 aliphatic rings. The smallest absolute Gasteiger partial charge is 0.314 e. The highest BCUT2D eigenvalue weighted by Gasteiger charge is 2.41. The van der Waals surface area contributed by atoms with Gasteiger partial charge in [-0.05, 0) is 17.7 Å². The predicted molar refractivity (Wildman–Crippen MR) is 81.6 cm³/mol. The second-order valence-electron chi connectivity index (χ2n) is 5.35. The summed E-state index contributed by atoms with van der Waals surface area (Å²) < 4.78 is 78.4. The minimum atomic E-state index is -4.77. The van der Waals surface area contributed by atoms with Crippen molar-refractivity contribution in [1.29, 1.82) is 0 Å². The lowest BCUT2D eigenvalue weighted by Crippen LogP contribution is -2.46. The molecule has 1 aromatic rings. The number of halogens is 8. The number of nitrogens with zero attached hydrogens (tertiary/aromatic N) is 1. The minimum absolute atomic E-state index is 0. The summed E-state index contributed by atoms with van der Waals surface area (Å²) in [6, 6.07) is 1.54. The molecule has 0 bridgehead atoms. The molecule has 2 rings (SSSR count). The van der Waals surface area contributed by atoms with Crippen LogP contribution in [0.5, 0.6) is 0 Å². The van der Waals surface area contributed by atoms with Gasteiger partial charge in [-0.25, -0.2) is 0 Å². The minimum Gasteiger partial charge on any atom is -0.314 e. The van der Waals surface area contributed by atoms with E-state index in [1.54, 1.807) is 0 Å². The zero-order valence-corrected chi connectivity index (χ0v) is 13.9. The molecular weight excluding hydrogens is 381 g/mol. The molecule has 138 valence electrons. The molecule has 1 fully saturated rings. The quantitative estimate of drug-likeness (QED) is 0.746. The van der Waals surface area contributed by atoms with E-state index >= 15 is 0 Å². The van der Waals surface area contributed by atoms with Gasteiger partial charge < -0.3 is 5.32 Å². The first-order valence-electron chi connectivity index (χ1n) is 6.96. The summed E-state index contributed by atoms with van der Waals surface area (Å²) in [4.78, 5) is 1.43. The molecule has 0 aliphatic carbocycles. The first kappa shape index (κ1) is 21.3. The number of alkyl halides is 6. The fraction of sp³-hybridized carbons (Fsp3) is 0.571. The van der Waals surface area contributed by atoms with Gasteiger partial charge in [0.25, 0.3) is 0 Å². The van der Waals surface area contributed by atoms with Crippen molar-refractivity contribution in [2.75, 3.05) is 26.2 Å².